The van der Waals surface area contributed by atoms with E-state index in [1.807, 2.05) is 6.26 Å². The molecular formula is C17H18N2O4S. The van der Waals surface area contributed by atoms with Gasteiger partial charge in [0.25, 0.3) is 0 Å². The third-order valence-electron chi connectivity index (χ3n) is 3.19. The number of carboxylic acids is 1. The smallest absolute Gasteiger partial charge is 0.336 e. The number of methoxy groups -OCH3 is 1. The first kappa shape index (κ1) is 17.8. The average molecular weight is 346 g/mol. The SMILES string of the molecule is CC=C(C(=O)O)c1c(Oc2cccc(OC)c2)nc(C)nc1SC. The second-order valence-corrected chi connectivity index (χ2v) is 5.54. The Kier molecular flexibility index (Phi) is 5.81. The van der Waals surface area contributed by atoms with Gasteiger partial charge in [-0.05, 0) is 32.2 Å². The standard InChI is InChI=1S/C17H18N2O4S/c1-5-13(17(20)21)14-15(18-10(2)19-16(14)24-4)23-12-8-6-7-11(9-12)22-3/h5-9H,1-4H3,(H,20,21). The van der Waals surface area contributed by atoms with E-state index in [1.165, 1.54) is 17.8 Å². The van der Waals surface area contributed by atoms with E-state index in [0.29, 0.717) is 27.9 Å². The molecule has 0 saturated carbocycles. The van der Waals surface area contributed by atoms with Gasteiger partial charge in [-0.3, -0.25) is 0 Å². The van der Waals surface area contributed by atoms with Crippen LogP contribution in [0.25, 0.3) is 5.57 Å². The van der Waals surface area contributed by atoms with Crippen molar-refractivity contribution in [1.29, 1.82) is 0 Å². The quantitative estimate of drug-likeness (QED) is 0.484. The average Bonchev–Trinajstić information content (AvgIpc) is 2.56. The summed E-state index contributed by atoms with van der Waals surface area (Å²) in [4.78, 5) is 20.2. The van der Waals surface area contributed by atoms with Crippen LogP contribution < -0.4 is 9.47 Å². The number of rotatable bonds is 6. The fraction of sp³-hybridized carbons (Fsp3) is 0.235. The van der Waals surface area contributed by atoms with Crippen molar-refractivity contribution in [1.82, 2.24) is 9.97 Å². The molecule has 0 bridgehead atoms. The normalized spacial score (nSPS) is 11.2. The Morgan fingerprint density at radius 2 is 2.00 bits per heavy atom. The van der Waals surface area contributed by atoms with Gasteiger partial charge < -0.3 is 14.6 Å². The summed E-state index contributed by atoms with van der Waals surface area (Å²) in [5.41, 5.74) is 0.461. The van der Waals surface area contributed by atoms with Crippen molar-refractivity contribution in [2.45, 2.75) is 18.9 Å². The number of carbonyl (C=O) groups is 1. The van der Waals surface area contributed by atoms with Crippen LogP contribution in [0.1, 0.15) is 18.3 Å². The number of benzene rings is 1. The summed E-state index contributed by atoms with van der Waals surface area (Å²) in [7, 11) is 1.56. The molecule has 6 nitrogen and oxygen atoms in total. The summed E-state index contributed by atoms with van der Waals surface area (Å²) in [6.07, 6.45) is 3.34. The molecule has 1 heterocycles. The van der Waals surface area contributed by atoms with E-state index in [2.05, 4.69) is 9.97 Å². The molecule has 24 heavy (non-hydrogen) atoms. The summed E-state index contributed by atoms with van der Waals surface area (Å²) >= 11 is 1.34. The van der Waals surface area contributed by atoms with E-state index in [1.54, 1.807) is 45.2 Å². The molecule has 0 aliphatic carbocycles. The Morgan fingerprint density at radius 1 is 1.29 bits per heavy atom. The van der Waals surface area contributed by atoms with E-state index in [4.69, 9.17) is 9.47 Å². The minimum absolute atomic E-state index is 0.0947. The molecule has 0 spiro atoms. The van der Waals surface area contributed by atoms with Gasteiger partial charge in [0.15, 0.2) is 0 Å². The van der Waals surface area contributed by atoms with Crippen molar-refractivity contribution in [2.75, 3.05) is 13.4 Å². The lowest BCUT2D eigenvalue weighted by molar-refractivity contribution is -0.130. The summed E-state index contributed by atoms with van der Waals surface area (Å²) in [5.74, 6) is 0.782. The topological polar surface area (TPSA) is 81.5 Å². The van der Waals surface area contributed by atoms with Crippen LogP contribution in [-0.2, 0) is 4.79 Å². The van der Waals surface area contributed by atoms with Gasteiger partial charge in [-0.15, -0.1) is 11.8 Å². The van der Waals surface area contributed by atoms with Crippen molar-refractivity contribution in [2.24, 2.45) is 0 Å². The van der Waals surface area contributed by atoms with Gasteiger partial charge in [0.05, 0.1) is 18.2 Å². The zero-order chi connectivity index (χ0) is 17.7. The molecular weight excluding hydrogens is 328 g/mol. The molecule has 0 saturated heterocycles. The Morgan fingerprint density at radius 3 is 2.58 bits per heavy atom. The van der Waals surface area contributed by atoms with Gasteiger partial charge in [-0.25, -0.2) is 9.78 Å². The summed E-state index contributed by atoms with van der Waals surface area (Å²) < 4.78 is 11.0. The molecule has 126 valence electrons. The monoisotopic (exact) mass is 346 g/mol. The van der Waals surface area contributed by atoms with Crippen LogP contribution in [0.2, 0.25) is 0 Å². The van der Waals surface area contributed by atoms with Crippen molar-refractivity contribution in [3.8, 4) is 17.4 Å². The third kappa shape index (κ3) is 3.86. The second-order valence-electron chi connectivity index (χ2n) is 4.75. The van der Waals surface area contributed by atoms with Crippen LogP contribution in [-0.4, -0.2) is 34.4 Å². The summed E-state index contributed by atoms with van der Waals surface area (Å²) in [6, 6.07) is 7.03. The fourth-order valence-corrected chi connectivity index (χ4v) is 2.75. The van der Waals surface area contributed by atoms with Gasteiger partial charge in [-0.1, -0.05) is 12.1 Å². The van der Waals surface area contributed by atoms with Gasteiger partial charge in [0, 0.05) is 6.07 Å². The zero-order valence-corrected chi connectivity index (χ0v) is 14.7. The van der Waals surface area contributed by atoms with Crippen LogP contribution in [0.4, 0.5) is 0 Å². The van der Waals surface area contributed by atoms with Crippen molar-refractivity contribution >= 4 is 23.3 Å². The van der Waals surface area contributed by atoms with Crippen LogP contribution in [0, 0.1) is 6.92 Å². The number of allylic oxidation sites excluding steroid dienone is 1. The zero-order valence-electron chi connectivity index (χ0n) is 13.9. The van der Waals surface area contributed by atoms with Gasteiger partial charge in [-0.2, -0.15) is 4.98 Å². The summed E-state index contributed by atoms with van der Waals surface area (Å²) in [5, 5.41) is 10.0. The van der Waals surface area contributed by atoms with E-state index in [9.17, 15) is 9.90 Å². The first-order valence-corrected chi connectivity index (χ1v) is 8.37. The number of ether oxygens (including phenoxy) is 2. The number of nitrogens with zero attached hydrogens (tertiary/aromatic N) is 2. The van der Waals surface area contributed by atoms with E-state index in [-0.39, 0.29) is 11.5 Å². The predicted molar refractivity (Wildman–Crippen MR) is 92.9 cm³/mol. The van der Waals surface area contributed by atoms with Crippen molar-refractivity contribution < 1.29 is 19.4 Å². The predicted octanol–water partition coefficient (Wildman–Crippen LogP) is 3.80. The highest BCUT2D eigenvalue weighted by Gasteiger charge is 2.22. The number of hydrogen-bond acceptors (Lipinski definition) is 6. The van der Waals surface area contributed by atoms with E-state index in [0.717, 1.165) is 0 Å². The van der Waals surface area contributed by atoms with Gasteiger partial charge >= 0.3 is 5.97 Å². The molecule has 0 atom stereocenters. The molecule has 0 unspecified atom stereocenters. The molecule has 1 aromatic heterocycles. The molecule has 0 aliphatic heterocycles. The maximum absolute atomic E-state index is 11.6. The van der Waals surface area contributed by atoms with Gasteiger partial charge in [0.2, 0.25) is 5.88 Å². The van der Waals surface area contributed by atoms with E-state index >= 15 is 0 Å². The molecule has 7 heteroatoms. The maximum Gasteiger partial charge on any atom is 0.336 e. The first-order valence-electron chi connectivity index (χ1n) is 7.14. The second kappa shape index (κ2) is 7.83. The number of aromatic nitrogens is 2. The third-order valence-corrected chi connectivity index (χ3v) is 3.87. The Balaban J connectivity index is 2.59. The van der Waals surface area contributed by atoms with Crippen LogP contribution in [0.15, 0.2) is 35.4 Å². The largest absolute Gasteiger partial charge is 0.497 e. The Bertz CT molecular complexity index is 790. The number of aryl methyl sites for hydroxylation is 1. The first-order chi connectivity index (χ1) is 11.5. The fourth-order valence-electron chi connectivity index (χ4n) is 2.13. The molecule has 0 radical (unpaired) electrons. The highest BCUT2D eigenvalue weighted by Crippen LogP contribution is 2.35. The van der Waals surface area contributed by atoms with Crippen LogP contribution >= 0.6 is 11.8 Å². The maximum atomic E-state index is 11.6. The highest BCUT2D eigenvalue weighted by atomic mass is 32.2. The molecule has 1 N–H and O–H groups in total. The van der Waals surface area contributed by atoms with E-state index < -0.39 is 5.97 Å². The number of thioether (sulfide) groups is 1. The molecule has 1 aromatic carbocycles. The molecule has 2 rings (SSSR count). The highest BCUT2D eigenvalue weighted by molar-refractivity contribution is 7.98. The minimum atomic E-state index is -1.06. The molecule has 2 aromatic rings. The Hall–Kier alpha value is -2.54. The lowest BCUT2D eigenvalue weighted by Gasteiger charge is -2.14. The summed E-state index contributed by atoms with van der Waals surface area (Å²) in [6.45, 7) is 3.39. The minimum Gasteiger partial charge on any atom is -0.497 e. The van der Waals surface area contributed by atoms with Crippen LogP contribution in [0.5, 0.6) is 17.4 Å². The molecule has 0 aliphatic rings. The lowest BCUT2D eigenvalue weighted by atomic mass is 10.1. The Labute approximate surface area is 144 Å². The number of aliphatic carboxylic acids is 1. The molecule has 0 amide bonds. The van der Waals surface area contributed by atoms with Crippen molar-refractivity contribution in [3.05, 3.63) is 41.7 Å². The lowest BCUT2D eigenvalue weighted by Crippen LogP contribution is -2.07. The number of carboxylic acid groups (broad SMARTS) is 1. The van der Waals surface area contributed by atoms with Crippen LogP contribution in [0.3, 0.4) is 0 Å². The molecule has 0 fully saturated rings. The van der Waals surface area contributed by atoms with Gasteiger partial charge in [0.1, 0.15) is 22.3 Å². The number of hydrogen-bond donors (Lipinski definition) is 1. The van der Waals surface area contributed by atoms with Crippen molar-refractivity contribution in [3.63, 3.8) is 0 Å².